The van der Waals surface area contributed by atoms with Crippen molar-refractivity contribution in [3.63, 3.8) is 0 Å². The SMILES string of the molecule is C[C@H]1CN([C@@H](C)CO)C(=O)c2cccc(NC(=O)Nc3ccccc3)c2O[C@@H]1CN(C)Cc1ccc(-c2ccccc2)cc1. The normalized spacial score (nSPS) is 17.2. The monoisotopic (exact) mass is 592 g/mol. The molecular formula is C36H40N4O4. The van der Waals surface area contributed by atoms with Crippen LogP contribution in [0.1, 0.15) is 29.8 Å². The second kappa shape index (κ2) is 14.2. The van der Waals surface area contributed by atoms with Crippen molar-refractivity contribution in [3.05, 3.63) is 114 Å². The molecule has 0 saturated heterocycles. The summed E-state index contributed by atoms with van der Waals surface area (Å²) in [6.45, 7) is 5.46. The van der Waals surface area contributed by atoms with Crippen molar-refractivity contribution in [2.24, 2.45) is 5.92 Å². The predicted molar refractivity (Wildman–Crippen MR) is 175 cm³/mol. The molecule has 3 amide bonds. The van der Waals surface area contributed by atoms with Crippen LogP contribution >= 0.6 is 0 Å². The fourth-order valence-electron chi connectivity index (χ4n) is 5.48. The van der Waals surface area contributed by atoms with Gasteiger partial charge in [-0.25, -0.2) is 4.79 Å². The maximum absolute atomic E-state index is 13.8. The van der Waals surface area contributed by atoms with Gasteiger partial charge in [-0.15, -0.1) is 0 Å². The number of fused-ring (bicyclic) bond motifs is 1. The zero-order chi connectivity index (χ0) is 31.1. The molecule has 3 atom stereocenters. The first-order chi connectivity index (χ1) is 21.3. The molecule has 0 aromatic heterocycles. The molecule has 8 nitrogen and oxygen atoms in total. The van der Waals surface area contributed by atoms with Gasteiger partial charge in [0.2, 0.25) is 0 Å². The second-order valence-corrected chi connectivity index (χ2v) is 11.5. The number of ether oxygens (including phenoxy) is 1. The lowest BCUT2D eigenvalue weighted by molar-refractivity contribution is 0.0343. The van der Waals surface area contributed by atoms with Crippen molar-refractivity contribution in [1.29, 1.82) is 0 Å². The van der Waals surface area contributed by atoms with Gasteiger partial charge in [-0.2, -0.15) is 0 Å². The van der Waals surface area contributed by atoms with Crippen LogP contribution < -0.4 is 15.4 Å². The van der Waals surface area contributed by atoms with Crippen LogP contribution in [0, 0.1) is 5.92 Å². The zero-order valence-corrected chi connectivity index (χ0v) is 25.4. The average molecular weight is 593 g/mol. The third kappa shape index (κ3) is 7.45. The van der Waals surface area contributed by atoms with E-state index < -0.39 is 6.03 Å². The predicted octanol–water partition coefficient (Wildman–Crippen LogP) is 6.35. The molecule has 1 aliphatic heterocycles. The smallest absolute Gasteiger partial charge is 0.323 e. The average Bonchev–Trinajstić information content (AvgIpc) is 3.04. The number of para-hydroxylation sites is 2. The van der Waals surface area contributed by atoms with Gasteiger partial charge in [-0.05, 0) is 54.9 Å². The van der Waals surface area contributed by atoms with E-state index in [1.165, 1.54) is 16.7 Å². The van der Waals surface area contributed by atoms with Gasteiger partial charge in [0, 0.05) is 31.2 Å². The number of nitrogens with zero attached hydrogens (tertiary/aromatic N) is 2. The van der Waals surface area contributed by atoms with Crippen molar-refractivity contribution < 1.29 is 19.4 Å². The molecule has 4 aromatic rings. The van der Waals surface area contributed by atoms with Gasteiger partial charge in [-0.3, -0.25) is 9.69 Å². The van der Waals surface area contributed by atoms with Gasteiger partial charge in [0.1, 0.15) is 6.10 Å². The number of benzene rings is 4. The van der Waals surface area contributed by atoms with Gasteiger partial charge < -0.3 is 25.4 Å². The Kier molecular flexibility index (Phi) is 9.94. The molecule has 0 unspecified atom stereocenters. The van der Waals surface area contributed by atoms with E-state index in [9.17, 15) is 14.7 Å². The molecule has 0 aliphatic carbocycles. The third-order valence-corrected chi connectivity index (χ3v) is 7.98. The Morgan fingerprint density at radius 2 is 1.59 bits per heavy atom. The molecule has 4 aromatic carbocycles. The number of urea groups is 1. The number of carbonyl (C=O) groups is 2. The van der Waals surface area contributed by atoms with Gasteiger partial charge in [0.15, 0.2) is 5.75 Å². The Hall–Kier alpha value is -4.66. The molecule has 8 heteroatoms. The fraction of sp³-hybridized carbons (Fsp3) is 0.278. The minimum absolute atomic E-state index is 0.0600. The molecule has 3 N–H and O–H groups in total. The van der Waals surface area contributed by atoms with Crippen LogP contribution in [0.2, 0.25) is 0 Å². The first-order valence-corrected chi connectivity index (χ1v) is 15.0. The number of rotatable bonds is 9. The first-order valence-electron chi connectivity index (χ1n) is 15.0. The molecule has 1 heterocycles. The highest BCUT2D eigenvalue weighted by molar-refractivity contribution is 6.04. The summed E-state index contributed by atoms with van der Waals surface area (Å²) in [7, 11) is 2.05. The Labute approximate surface area is 259 Å². The standard InChI is InChI=1S/C36H40N4O4/c1-25-21-40(26(2)24-41)35(42)31-15-10-16-32(38-36(43)37-30-13-8-5-9-14-30)34(31)44-33(25)23-39(3)22-27-17-19-29(20-18-27)28-11-6-4-7-12-28/h4-20,25-26,33,41H,21-24H2,1-3H3,(H2,37,38,43)/t25-,26-,33+/m0/s1. The van der Waals surface area contributed by atoms with Crippen LogP contribution in [0.3, 0.4) is 0 Å². The molecule has 0 saturated carbocycles. The highest BCUT2D eigenvalue weighted by Crippen LogP contribution is 2.35. The summed E-state index contributed by atoms with van der Waals surface area (Å²) >= 11 is 0. The van der Waals surface area contributed by atoms with Gasteiger partial charge in [-0.1, -0.05) is 85.8 Å². The van der Waals surface area contributed by atoms with Crippen LogP contribution in [0.4, 0.5) is 16.2 Å². The van der Waals surface area contributed by atoms with E-state index in [0.29, 0.717) is 42.3 Å². The Balaban J connectivity index is 1.37. The number of hydrogen-bond donors (Lipinski definition) is 3. The molecule has 5 rings (SSSR count). The summed E-state index contributed by atoms with van der Waals surface area (Å²) in [5.74, 6) is 0.0223. The number of amides is 3. The summed E-state index contributed by atoms with van der Waals surface area (Å²) in [6, 6.07) is 32.4. The lowest BCUT2D eigenvalue weighted by atomic mass is 9.98. The van der Waals surface area contributed by atoms with Crippen LogP contribution in [0.15, 0.2) is 103 Å². The Morgan fingerprint density at radius 3 is 2.27 bits per heavy atom. The zero-order valence-electron chi connectivity index (χ0n) is 25.4. The number of anilines is 2. The van der Waals surface area contributed by atoms with E-state index >= 15 is 0 Å². The highest BCUT2D eigenvalue weighted by atomic mass is 16.5. The van der Waals surface area contributed by atoms with E-state index in [4.69, 9.17) is 4.74 Å². The molecule has 0 fully saturated rings. The Morgan fingerprint density at radius 1 is 0.932 bits per heavy atom. The number of aliphatic hydroxyl groups is 1. The van der Waals surface area contributed by atoms with Crippen molar-refractivity contribution in [2.75, 3.05) is 37.4 Å². The van der Waals surface area contributed by atoms with Crippen molar-refractivity contribution in [1.82, 2.24) is 9.80 Å². The van der Waals surface area contributed by atoms with Gasteiger partial charge in [0.05, 0.1) is 23.9 Å². The maximum Gasteiger partial charge on any atom is 0.323 e. The van der Waals surface area contributed by atoms with E-state index in [1.54, 1.807) is 35.2 Å². The number of carbonyl (C=O) groups excluding carboxylic acids is 2. The minimum Gasteiger partial charge on any atom is -0.486 e. The number of hydrogen-bond acceptors (Lipinski definition) is 5. The summed E-state index contributed by atoms with van der Waals surface area (Å²) in [5, 5.41) is 15.7. The van der Waals surface area contributed by atoms with E-state index in [1.807, 2.05) is 43.3 Å². The molecular weight excluding hydrogens is 552 g/mol. The van der Waals surface area contributed by atoms with Crippen LogP contribution in [0.5, 0.6) is 5.75 Å². The van der Waals surface area contributed by atoms with Gasteiger partial charge in [0.25, 0.3) is 5.91 Å². The first kappa shape index (κ1) is 30.8. The number of likely N-dealkylation sites (N-methyl/N-ethyl adjacent to an activating group) is 1. The second-order valence-electron chi connectivity index (χ2n) is 11.5. The van der Waals surface area contributed by atoms with Crippen LogP contribution in [-0.2, 0) is 6.54 Å². The quantitative estimate of drug-likeness (QED) is 0.211. The summed E-state index contributed by atoms with van der Waals surface area (Å²) in [5.41, 5.74) is 4.92. The lowest BCUT2D eigenvalue weighted by Crippen LogP contribution is -2.49. The van der Waals surface area contributed by atoms with E-state index in [0.717, 1.165) is 0 Å². The van der Waals surface area contributed by atoms with Crippen LogP contribution in [-0.4, -0.2) is 65.7 Å². The summed E-state index contributed by atoms with van der Waals surface area (Å²) in [4.78, 5) is 30.6. The van der Waals surface area contributed by atoms with E-state index in [2.05, 4.69) is 65.9 Å². The van der Waals surface area contributed by atoms with Crippen molar-refractivity contribution in [2.45, 2.75) is 32.5 Å². The summed E-state index contributed by atoms with van der Waals surface area (Å²) in [6.07, 6.45) is -0.302. The fourth-order valence-corrected chi connectivity index (χ4v) is 5.48. The minimum atomic E-state index is -0.441. The molecule has 1 aliphatic rings. The van der Waals surface area contributed by atoms with Crippen molar-refractivity contribution in [3.8, 4) is 16.9 Å². The van der Waals surface area contributed by atoms with Crippen molar-refractivity contribution >= 4 is 23.3 Å². The highest BCUT2D eigenvalue weighted by Gasteiger charge is 2.34. The molecule has 0 bridgehead atoms. The molecule has 0 spiro atoms. The summed E-state index contributed by atoms with van der Waals surface area (Å²) < 4.78 is 6.65. The maximum atomic E-state index is 13.8. The number of nitrogens with one attached hydrogen (secondary N) is 2. The third-order valence-electron chi connectivity index (χ3n) is 7.98. The lowest BCUT2D eigenvalue weighted by Gasteiger charge is -2.38. The van der Waals surface area contributed by atoms with E-state index in [-0.39, 0.29) is 30.6 Å². The van der Waals surface area contributed by atoms with Gasteiger partial charge >= 0.3 is 6.03 Å². The molecule has 228 valence electrons. The van der Waals surface area contributed by atoms with Crippen LogP contribution in [0.25, 0.3) is 11.1 Å². The molecule has 44 heavy (non-hydrogen) atoms. The Bertz CT molecular complexity index is 1550. The number of aliphatic hydroxyl groups excluding tert-OH is 1. The topological polar surface area (TPSA) is 94.1 Å². The largest absolute Gasteiger partial charge is 0.486 e. The molecule has 0 radical (unpaired) electrons.